The molecule has 0 saturated carbocycles. The second-order valence-corrected chi connectivity index (χ2v) is 4.33. The lowest BCUT2D eigenvalue weighted by molar-refractivity contribution is 0.985. The van der Waals surface area contributed by atoms with Gasteiger partial charge in [0.2, 0.25) is 5.28 Å². The first-order valence-corrected chi connectivity index (χ1v) is 6.03. The number of hydrogen-bond acceptors (Lipinski definition) is 5. The molecule has 0 aliphatic rings. The molecule has 3 aromatic rings. The second-order valence-electron chi connectivity index (χ2n) is 3.99. The molecule has 3 N–H and O–H groups in total. The highest BCUT2D eigenvalue weighted by Gasteiger charge is 2.15. The van der Waals surface area contributed by atoms with E-state index in [2.05, 4.69) is 20.4 Å². The van der Waals surface area contributed by atoms with Crippen molar-refractivity contribution >= 4 is 28.6 Å². The molecule has 19 heavy (non-hydrogen) atoms. The van der Waals surface area contributed by atoms with Gasteiger partial charge in [0.05, 0.1) is 0 Å². The normalized spacial score (nSPS) is 10.9. The minimum absolute atomic E-state index is 0.123. The number of nitrogen functional groups attached to an aromatic ring is 1. The number of benzene rings is 1. The number of hydrazine groups is 1. The molecule has 6 nitrogen and oxygen atoms in total. The molecule has 0 fully saturated rings. The van der Waals surface area contributed by atoms with Crippen molar-refractivity contribution in [3.63, 3.8) is 0 Å². The molecule has 0 radical (unpaired) electrons. The van der Waals surface area contributed by atoms with E-state index in [0.29, 0.717) is 17.0 Å². The molecule has 96 valence electrons. The molecule has 0 saturated heterocycles. The van der Waals surface area contributed by atoms with Gasteiger partial charge in [0.15, 0.2) is 17.0 Å². The number of aromatic nitrogens is 4. The Bertz CT molecular complexity index is 737. The van der Waals surface area contributed by atoms with E-state index in [0.717, 1.165) is 11.5 Å². The van der Waals surface area contributed by atoms with Crippen molar-refractivity contribution in [3.05, 3.63) is 41.4 Å². The predicted molar refractivity (Wildman–Crippen MR) is 74.2 cm³/mol. The van der Waals surface area contributed by atoms with Gasteiger partial charge in [-0.3, -0.25) is 4.57 Å². The van der Waals surface area contributed by atoms with Gasteiger partial charge in [0.1, 0.15) is 5.82 Å². The number of nitrogens with one attached hydrogen (secondary N) is 1. The van der Waals surface area contributed by atoms with E-state index >= 15 is 0 Å². The van der Waals surface area contributed by atoms with Gasteiger partial charge in [-0.2, -0.15) is 9.97 Å². The number of imidazole rings is 1. The number of hydrogen-bond donors (Lipinski definition) is 2. The highest BCUT2D eigenvalue weighted by molar-refractivity contribution is 6.28. The first kappa shape index (κ1) is 11.9. The Morgan fingerprint density at radius 1 is 1.16 bits per heavy atom. The average Bonchev–Trinajstić information content (AvgIpc) is 2.75. The quantitative estimate of drug-likeness (QED) is 0.425. The number of halogens is 1. The molecule has 1 aromatic carbocycles. The van der Waals surface area contributed by atoms with E-state index in [1.54, 1.807) is 0 Å². The second kappa shape index (κ2) is 4.49. The summed E-state index contributed by atoms with van der Waals surface area (Å²) >= 11 is 5.91. The largest absolute Gasteiger partial charge is 0.306 e. The van der Waals surface area contributed by atoms with Crippen LogP contribution in [0.4, 0.5) is 5.82 Å². The Morgan fingerprint density at radius 2 is 1.89 bits per heavy atom. The first-order chi connectivity index (χ1) is 9.20. The Hall–Kier alpha value is -2.18. The summed E-state index contributed by atoms with van der Waals surface area (Å²) in [5.74, 6) is 6.63. The monoisotopic (exact) mass is 274 g/mol. The molecule has 3 rings (SSSR count). The molecular formula is C12H11ClN6. The summed E-state index contributed by atoms with van der Waals surface area (Å²) in [5.41, 5.74) is 4.66. The summed E-state index contributed by atoms with van der Waals surface area (Å²) in [6.45, 7) is 1.89. The average molecular weight is 275 g/mol. The van der Waals surface area contributed by atoms with Crippen LogP contribution in [0.1, 0.15) is 5.82 Å². The lowest BCUT2D eigenvalue weighted by atomic mass is 10.3. The fourth-order valence-electron chi connectivity index (χ4n) is 2.03. The highest BCUT2D eigenvalue weighted by atomic mass is 35.5. The summed E-state index contributed by atoms with van der Waals surface area (Å²) in [7, 11) is 0. The number of fused-ring (bicyclic) bond motifs is 1. The van der Waals surface area contributed by atoms with Crippen LogP contribution in [-0.4, -0.2) is 19.5 Å². The van der Waals surface area contributed by atoms with Gasteiger partial charge in [0.25, 0.3) is 0 Å². The van der Waals surface area contributed by atoms with E-state index in [1.165, 1.54) is 0 Å². The van der Waals surface area contributed by atoms with Crippen molar-refractivity contribution in [2.45, 2.75) is 6.92 Å². The fourth-order valence-corrected chi connectivity index (χ4v) is 2.19. The lowest BCUT2D eigenvalue weighted by Crippen LogP contribution is -2.10. The standard InChI is InChI=1S/C12H11ClN6/c1-7-15-9-10(18-14)16-12(13)17-11(9)19(7)8-5-3-2-4-6-8/h2-6H,14H2,1H3,(H,16,17,18). The molecule has 7 heteroatoms. The summed E-state index contributed by atoms with van der Waals surface area (Å²) in [6.07, 6.45) is 0. The van der Waals surface area contributed by atoms with Gasteiger partial charge in [-0.05, 0) is 30.7 Å². The maximum Gasteiger partial charge on any atom is 0.226 e. The first-order valence-electron chi connectivity index (χ1n) is 5.65. The molecule has 0 bridgehead atoms. The summed E-state index contributed by atoms with van der Waals surface area (Å²) in [4.78, 5) is 12.7. The Morgan fingerprint density at radius 3 is 2.58 bits per heavy atom. The number of aryl methyl sites for hydroxylation is 1. The van der Waals surface area contributed by atoms with E-state index in [-0.39, 0.29) is 5.28 Å². The summed E-state index contributed by atoms with van der Waals surface area (Å²) in [6, 6.07) is 9.79. The molecule has 2 heterocycles. The van der Waals surface area contributed by atoms with Gasteiger partial charge < -0.3 is 5.43 Å². The highest BCUT2D eigenvalue weighted by Crippen LogP contribution is 2.24. The summed E-state index contributed by atoms with van der Waals surface area (Å²) in [5, 5.41) is 0.123. The Balaban J connectivity index is 2.37. The molecule has 0 atom stereocenters. The zero-order valence-electron chi connectivity index (χ0n) is 10.1. The van der Waals surface area contributed by atoms with Gasteiger partial charge >= 0.3 is 0 Å². The van der Waals surface area contributed by atoms with Crippen LogP contribution in [0.5, 0.6) is 0 Å². The lowest BCUT2D eigenvalue weighted by Gasteiger charge is -2.06. The topological polar surface area (TPSA) is 81.7 Å². The van der Waals surface area contributed by atoms with Crippen LogP contribution < -0.4 is 11.3 Å². The third kappa shape index (κ3) is 1.91. The molecule has 2 aromatic heterocycles. The third-order valence-electron chi connectivity index (χ3n) is 2.80. The van der Waals surface area contributed by atoms with Crippen LogP contribution in [0.2, 0.25) is 5.28 Å². The smallest absolute Gasteiger partial charge is 0.226 e. The van der Waals surface area contributed by atoms with Crippen molar-refractivity contribution in [1.82, 2.24) is 19.5 Å². The van der Waals surface area contributed by atoms with Crippen LogP contribution in [-0.2, 0) is 0 Å². The molecule has 0 aliphatic heterocycles. The van der Waals surface area contributed by atoms with Crippen molar-refractivity contribution < 1.29 is 0 Å². The summed E-state index contributed by atoms with van der Waals surface area (Å²) < 4.78 is 1.91. The van der Waals surface area contributed by atoms with Gasteiger partial charge in [0, 0.05) is 5.69 Å². The molecule has 0 amide bonds. The minimum atomic E-state index is 0.123. The zero-order chi connectivity index (χ0) is 13.4. The van der Waals surface area contributed by atoms with E-state index < -0.39 is 0 Å². The molecule has 0 aliphatic carbocycles. The van der Waals surface area contributed by atoms with Crippen LogP contribution in [0.15, 0.2) is 30.3 Å². The molecule has 0 spiro atoms. The van der Waals surface area contributed by atoms with Crippen molar-refractivity contribution in [1.29, 1.82) is 0 Å². The van der Waals surface area contributed by atoms with Gasteiger partial charge in [-0.25, -0.2) is 10.8 Å². The fraction of sp³-hybridized carbons (Fsp3) is 0.0833. The van der Waals surface area contributed by atoms with Crippen molar-refractivity contribution in [3.8, 4) is 5.69 Å². The predicted octanol–water partition coefficient (Wildman–Crippen LogP) is 2.06. The Kier molecular flexibility index (Phi) is 2.81. The number of anilines is 1. The number of nitrogens with zero attached hydrogens (tertiary/aromatic N) is 4. The maximum absolute atomic E-state index is 5.91. The molecule has 0 unspecified atom stereocenters. The molecular weight excluding hydrogens is 264 g/mol. The number of nitrogens with two attached hydrogens (primary N) is 1. The van der Waals surface area contributed by atoms with Crippen LogP contribution >= 0.6 is 11.6 Å². The number of rotatable bonds is 2. The van der Waals surface area contributed by atoms with Gasteiger partial charge in [-0.1, -0.05) is 18.2 Å². The minimum Gasteiger partial charge on any atom is -0.306 e. The van der Waals surface area contributed by atoms with Crippen LogP contribution in [0.25, 0.3) is 16.9 Å². The SMILES string of the molecule is Cc1nc2c(NN)nc(Cl)nc2n1-c1ccccc1. The Labute approximate surface area is 114 Å². The zero-order valence-corrected chi connectivity index (χ0v) is 10.9. The van der Waals surface area contributed by atoms with Crippen LogP contribution in [0, 0.1) is 6.92 Å². The van der Waals surface area contributed by atoms with Gasteiger partial charge in [-0.15, -0.1) is 0 Å². The van der Waals surface area contributed by atoms with Crippen molar-refractivity contribution in [2.75, 3.05) is 5.43 Å². The van der Waals surface area contributed by atoms with E-state index in [9.17, 15) is 0 Å². The third-order valence-corrected chi connectivity index (χ3v) is 2.97. The van der Waals surface area contributed by atoms with E-state index in [4.69, 9.17) is 17.4 Å². The maximum atomic E-state index is 5.91. The van der Waals surface area contributed by atoms with Crippen molar-refractivity contribution in [2.24, 2.45) is 5.84 Å². The van der Waals surface area contributed by atoms with E-state index in [1.807, 2.05) is 41.8 Å². The number of para-hydroxylation sites is 1. The van der Waals surface area contributed by atoms with Crippen LogP contribution in [0.3, 0.4) is 0 Å².